The first-order chi connectivity index (χ1) is 11.1. The number of rotatable bonds is 5. The number of hydrogen-bond acceptors (Lipinski definition) is 4. The van der Waals surface area contributed by atoms with Gasteiger partial charge in [-0.15, -0.1) is 0 Å². The lowest BCUT2D eigenvalue weighted by Crippen LogP contribution is -2.50. The second kappa shape index (κ2) is 7.01. The maximum atomic E-state index is 6.21. The number of likely N-dealkylation sites (tertiary alicyclic amines) is 1. The molecule has 122 valence electrons. The highest BCUT2D eigenvalue weighted by Gasteiger charge is 2.34. The first-order valence-electron chi connectivity index (χ1n) is 8.19. The van der Waals surface area contributed by atoms with Crippen LogP contribution >= 0.6 is 0 Å². The van der Waals surface area contributed by atoms with Gasteiger partial charge in [0.2, 0.25) is 0 Å². The molecule has 0 saturated carbocycles. The van der Waals surface area contributed by atoms with Gasteiger partial charge >= 0.3 is 0 Å². The van der Waals surface area contributed by atoms with Crippen LogP contribution in [0.4, 0.5) is 0 Å². The van der Waals surface area contributed by atoms with Crippen molar-refractivity contribution in [3.05, 3.63) is 54.9 Å². The molecule has 0 radical (unpaired) electrons. The maximum absolute atomic E-state index is 6.21. The Morgan fingerprint density at radius 3 is 2.30 bits per heavy atom. The number of nitrogens with zero attached hydrogens (tertiary/aromatic N) is 2. The van der Waals surface area contributed by atoms with Crippen molar-refractivity contribution in [2.24, 2.45) is 0 Å². The number of pyridine rings is 1. The van der Waals surface area contributed by atoms with Crippen LogP contribution in [0.1, 0.15) is 26.7 Å². The SMILES string of the molecule is CC(Oc1ccncc1)N1CCC(C)(Oc2ccccc2)CC1. The summed E-state index contributed by atoms with van der Waals surface area (Å²) < 4.78 is 12.2. The van der Waals surface area contributed by atoms with E-state index in [0.29, 0.717) is 0 Å². The molecule has 1 unspecified atom stereocenters. The first-order valence-corrected chi connectivity index (χ1v) is 8.19. The highest BCUT2D eigenvalue weighted by Crippen LogP contribution is 2.29. The van der Waals surface area contributed by atoms with Gasteiger partial charge in [-0.25, -0.2) is 0 Å². The number of aromatic nitrogens is 1. The molecule has 0 spiro atoms. The lowest BCUT2D eigenvalue weighted by Gasteiger charge is -2.41. The van der Waals surface area contributed by atoms with Crippen LogP contribution in [-0.2, 0) is 0 Å². The standard InChI is InChI=1S/C19H24N2O2/c1-16(22-17-8-12-20-13-9-17)21-14-10-19(2,11-15-21)23-18-6-4-3-5-7-18/h3-9,12-13,16H,10-11,14-15H2,1-2H3. The summed E-state index contributed by atoms with van der Waals surface area (Å²) in [6, 6.07) is 13.9. The molecule has 1 atom stereocenters. The molecule has 2 aromatic rings. The molecule has 2 heterocycles. The summed E-state index contributed by atoms with van der Waals surface area (Å²) in [5, 5.41) is 0. The van der Waals surface area contributed by atoms with E-state index in [-0.39, 0.29) is 11.8 Å². The zero-order chi connectivity index (χ0) is 16.1. The van der Waals surface area contributed by atoms with Crippen LogP contribution in [-0.4, -0.2) is 34.8 Å². The first kappa shape index (κ1) is 15.8. The summed E-state index contributed by atoms with van der Waals surface area (Å²) in [4.78, 5) is 6.37. The highest BCUT2D eigenvalue weighted by molar-refractivity contribution is 5.22. The van der Waals surface area contributed by atoms with E-state index in [4.69, 9.17) is 9.47 Å². The summed E-state index contributed by atoms with van der Waals surface area (Å²) >= 11 is 0. The minimum atomic E-state index is -0.103. The van der Waals surface area contributed by atoms with Gasteiger partial charge in [-0.2, -0.15) is 0 Å². The number of ether oxygens (including phenoxy) is 2. The smallest absolute Gasteiger partial charge is 0.149 e. The molecule has 0 amide bonds. The van der Waals surface area contributed by atoms with Gasteiger partial charge in [-0.3, -0.25) is 9.88 Å². The summed E-state index contributed by atoms with van der Waals surface area (Å²) in [6.45, 7) is 6.23. The van der Waals surface area contributed by atoms with E-state index in [0.717, 1.165) is 37.4 Å². The van der Waals surface area contributed by atoms with Crippen molar-refractivity contribution in [2.45, 2.75) is 38.5 Å². The number of benzene rings is 1. The van der Waals surface area contributed by atoms with Crippen molar-refractivity contribution in [1.82, 2.24) is 9.88 Å². The predicted molar refractivity (Wildman–Crippen MR) is 90.6 cm³/mol. The van der Waals surface area contributed by atoms with Crippen molar-refractivity contribution in [3.63, 3.8) is 0 Å². The predicted octanol–water partition coefficient (Wildman–Crippen LogP) is 3.74. The Morgan fingerprint density at radius 1 is 1.00 bits per heavy atom. The molecule has 0 bridgehead atoms. The topological polar surface area (TPSA) is 34.6 Å². The van der Waals surface area contributed by atoms with E-state index in [1.807, 2.05) is 42.5 Å². The number of piperidine rings is 1. The molecule has 1 aromatic heterocycles. The number of para-hydroxylation sites is 1. The van der Waals surface area contributed by atoms with Crippen LogP contribution in [0.3, 0.4) is 0 Å². The Bertz CT molecular complexity index is 595. The van der Waals surface area contributed by atoms with Crippen LogP contribution in [0.15, 0.2) is 54.9 Å². The Labute approximate surface area is 138 Å². The average Bonchev–Trinajstić information content (AvgIpc) is 2.57. The minimum Gasteiger partial charge on any atom is -0.487 e. The molecule has 4 heteroatoms. The molecule has 1 aromatic carbocycles. The maximum Gasteiger partial charge on any atom is 0.149 e. The van der Waals surface area contributed by atoms with E-state index in [2.05, 4.69) is 23.7 Å². The van der Waals surface area contributed by atoms with Gasteiger partial charge in [0.05, 0.1) is 0 Å². The number of hydrogen-bond donors (Lipinski definition) is 0. The molecule has 3 rings (SSSR count). The van der Waals surface area contributed by atoms with E-state index in [9.17, 15) is 0 Å². The van der Waals surface area contributed by atoms with E-state index < -0.39 is 0 Å². The Hall–Kier alpha value is -2.07. The molecule has 1 saturated heterocycles. The molecule has 4 nitrogen and oxygen atoms in total. The largest absolute Gasteiger partial charge is 0.487 e. The van der Waals surface area contributed by atoms with Crippen LogP contribution in [0, 0.1) is 0 Å². The quantitative estimate of drug-likeness (QED) is 0.842. The van der Waals surface area contributed by atoms with Crippen molar-refractivity contribution in [1.29, 1.82) is 0 Å². The fraction of sp³-hybridized carbons (Fsp3) is 0.421. The summed E-state index contributed by atoms with van der Waals surface area (Å²) in [7, 11) is 0. The van der Waals surface area contributed by atoms with E-state index in [1.165, 1.54) is 0 Å². The normalized spacial score (nSPS) is 19.0. The summed E-state index contributed by atoms with van der Waals surface area (Å²) in [5.41, 5.74) is -0.103. The molecular weight excluding hydrogens is 288 g/mol. The molecule has 0 aliphatic carbocycles. The van der Waals surface area contributed by atoms with Gasteiger partial charge in [0, 0.05) is 25.5 Å². The van der Waals surface area contributed by atoms with Crippen molar-refractivity contribution in [3.8, 4) is 11.5 Å². The molecule has 1 aliphatic heterocycles. The second-order valence-corrected chi connectivity index (χ2v) is 6.30. The lowest BCUT2D eigenvalue weighted by atomic mass is 9.93. The fourth-order valence-corrected chi connectivity index (χ4v) is 2.92. The fourth-order valence-electron chi connectivity index (χ4n) is 2.92. The zero-order valence-electron chi connectivity index (χ0n) is 13.8. The lowest BCUT2D eigenvalue weighted by molar-refractivity contribution is -0.0373. The monoisotopic (exact) mass is 312 g/mol. The third-order valence-corrected chi connectivity index (χ3v) is 4.43. The second-order valence-electron chi connectivity index (χ2n) is 6.30. The molecular formula is C19H24N2O2. The summed E-state index contributed by atoms with van der Waals surface area (Å²) in [5.74, 6) is 1.81. The highest BCUT2D eigenvalue weighted by atomic mass is 16.5. The third kappa shape index (κ3) is 4.23. The van der Waals surface area contributed by atoms with Gasteiger partial charge in [0.1, 0.15) is 23.3 Å². The summed E-state index contributed by atoms with van der Waals surface area (Å²) in [6.07, 6.45) is 5.54. The van der Waals surface area contributed by atoms with E-state index in [1.54, 1.807) is 12.4 Å². The van der Waals surface area contributed by atoms with Crippen LogP contribution in [0.2, 0.25) is 0 Å². The van der Waals surface area contributed by atoms with Crippen molar-refractivity contribution in [2.75, 3.05) is 13.1 Å². The molecule has 1 fully saturated rings. The molecule has 23 heavy (non-hydrogen) atoms. The minimum absolute atomic E-state index is 0.0543. The Morgan fingerprint density at radius 2 is 1.65 bits per heavy atom. The Kier molecular flexibility index (Phi) is 4.82. The van der Waals surface area contributed by atoms with Gasteiger partial charge in [-0.1, -0.05) is 18.2 Å². The van der Waals surface area contributed by atoms with Gasteiger partial charge in [-0.05, 0) is 51.0 Å². The average molecular weight is 312 g/mol. The third-order valence-electron chi connectivity index (χ3n) is 4.43. The molecule has 1 aliphatic rings. The zero-order valence-corrected chi connectivity index (χ0v) is 13.8. The van der Waals surface area contributed by atoms with Gasteiger partial charge in [0.25, 0.3) is 0 Å². The van der Waals surface area contributed by atoms with Crippen LogP contribution in [0.5, 0.6) is 11.5 Å². The van der Waals surface area contributed by atoms with E-state index >= 15 is 0 Å². The van der Waals surface area contributed by atoms with Crippen LogP contribution < -0.4 is 9.47 Å². The molecule has 0 N–H and O–H groups in total. The Balaban J connectivity index is 1.53. The van der Waals surface area contributed by atoms with Gasteiger partial charge in [0.15, 0.2) is 0 Å². The van der Waals surface area contributed by atoms with Crippen molar-refractivity contribution < 1.29 is 9.47 Å². The van der Waals surface area contributed by atoms with Gasteiger partial charge < -0.3 is 9.47 Å². The van der Waals surface area contributed by atoms with Crippen molar-refractivity contribution >= 4 is 0 Å². The van der Waals surface area contributed by atoms with Crippen LogP contribution in [0.25, 0.3) is 0 Å².